The van der Waals surface area contributed by atoms with E-state index in [1.165, 1.54) is 12.3 Å². The van der Waals surface area contributed by atoms with Gasteiger partial charge in [-0.25, -0.2) is 28.0 Å². The number of carbonyl (C=O) groups is 1. The van der Waals surface area contributed by atoms with Crippen molar-refractivity contribution in [3.63, 3.8) is 0 Å². The molecule has 2 N–H and O–H groups in total. The Morgan fingerprint density at radius 1 is 1.48 bits per heavy atom. The van der Waals surface area contributed by atoms with Crippen LogP contribution >= 0.6 is 0 Å². The first-order chi connectivity index (χ1) is 9.95. The molecule has 0 amide bonds. The number of hydrogen-bond donors (Lipinski definition) is 1. The molecule has 0 aliphatic heterocycles. The summed E-state index contributed by atoms with van der Waals surface area (Å²) in [5.41, 5.74) is -0.307. The maximum absolute atomic E-state index is 11.8. The first-order valence-electron chi connectivity index (χ1n) is 5.58. The second kappa shape index (κ2) is 5.74. The second-order valence-corrected chi connectivity index (χ2v) is 5.27. The van der Waals surface area contributed by atoms with E-state index in [-0.39, 0.29) is 18.0 Å². The molecule has 0 aromatic carbocycles. The zero-order valence-electron chi connectivity index (χ0n) is 10.6. The minimum Gasteiger partial charge on any atom is -0.449 e. The van der Waals surface area contributed by atoms with Crippen LogP contribution in [0.5, 0.6) is 0 Å². The summed E-state index contributed by atoms with van der Waals surface area (Å²) in [6.45, 7) is -0.294. The first kappa shape index (κ1) is 14.7. The van der Waals surface area contributed by atoms with Crippen LogP contribution in [0.25, 0.3) is 5.82 Å². The van der Waals surface area contributed by atoms with Crippen molar-refractivity contribution < 1.29 is 17.9 Å². The monoisotopic (exact) mass is 306 g/mol. The standard InChI is InChI=1S/C12H10N4O4S/c1-2-7-20-12(17)9-8-15-16(11(9)21(13,18)19)10-5-3-4-6-14-10/h1,3-6,8H,7H2,(H2,13,18,19). The number of carbonyl (C=O) groups excluding carboxylic acids is 1. The summed E-state index contributed by atoms with van der Waals surface area (Å²) < 4.78 is 29.1. The number of ether oxygens (including phenoxy) is 1. The fraction of sp³-hybridized carbons (Fsp3) is 0.0833. The lowest BCUT2D eigenvalue weighted by atomic mass is 10.4. The van der Waals surface area contributed by atoms with Gasteiger partial charge in [-0.1, -0.05) is 12.0 Å². The number of hydrogen-bond acceptors (Lipinski definition) is 6. The molecule has 9 heteroatoms. The predicted molar refractivity (Wildman–Crippen MR) is 71.8 cm³/mol. The van der Waals surface area contributed by atoms with Crippen LogP contribution in [-0.2, 0) is 14.8 Å². The Kier molecular flexibility index (Phi) is 4.02. The highest BCUT2D eigenvalue weighted by Gasteiger charge is 2.27. The molecule has 0 saturated heterocycles. The van der Waals surface area contributed by atoms with Crippen molar-refractivity contribution in [3.05, 3.63) is 36.2 Å². The zero-order valence-corrected chi connectivity index (χ0v) is 11.4. The van der Waals surface area contributed by atoms with E-state index in [1.807, 2.05) is 0 Å². The summed E-state index contributed by atoms with van der Waals surface area (Å²) in [5, 5.41) is 8.46. The molecule has 108 valence electrons. The highest BCUT2D eigenvalue weighted by Crippen LogP contribution is 2.18. The van der Waals surface area contributed by atoms with E-state index < -0.39 is 21.0 Å². The minimum absolute atomic E-state index is 0.192. The van der Waals surface area contributed by atoms with Crippen molar-refractivity contribution >= 4 is 16.0 Å². The van der Waals surface area contributed by atoms with Crippen molar-refractivity contribution in [1.29, 1.82) is 0 Å². The molecule has 0 fully saturated rings. The van der Waals surface area contributed by atoms with Crippen LogP contribution in [-0.4, -0.2) is 35.8 Å². The van der Waals surface area contributed by atoms with Gasteiger partial charge in [0.15, 0.2) is 17.5 Å². The third-order valence-electron chi connectivity index (χ3n) is 2.37. The highest BCUT2D eigenvalue weighted by molar-refractivity contribution is 7.89. The molecule has 0 aliphatic rings. The normalized spacial score (nSPS) is 10.9. The van der Waals surface area contributed by atoms with Crippen LogP contribution in [0.2, 0.25) is 0 Å². The van der Waals surface area contributed by atoms with Crippen molar-refractivity contribution in [2.75, 3.05) is 6.61 Å². The first-order valence-corrected chi connectivity index (χ1v) is 7.12. The van der Waals surface area contributed by atoms with Crippen LogP contribution < -0.4 is 5.14 Å². The van der Waals surface area contributed by atoms with Crippen molar-refractivity contribution in [1.82, 2.24) is 14.8 Å². The summed E-state index contributed by atoms with van der Waals surface area (Å²) in [6, 6.07) is 4.79. The highest BCUT2D eigenvalue weighted by atomic mass is 32.2. The van der Waals surface area contributed by atoms with E-state index >= 15 is 0 Å². The number of aromatic nitrogens is 3. The number of esters is 1. The summed E-state index contributed by atoms with van der Waals surface area (Å²) in [7, 11) is -4.23. The Hall–Kier alpha value is -2.70. The number of pyridine rings is 1. The van der Waals surface area contributed by atoms with Crippen LogP contribution in [0.3, 0.4) is 0 Å². The molecule has 0 atom stereocenters. The van der Waals surface area contributed by atoms with Gasteiger partial charge < -0.3 is 4.74 Å². The fourth-order valence-corrected chi connectivity index (χ4v) is 2.40. The smallest absolute Gasteiger partial charge is 0.343 e. The molecule has 2 aromatic heterocycles. The molecular weight excluding hydrogens is 296 g/mol. The van der Waals surface area contributed by atoms with Gasteiger partial charge in [0, 0.05) is 6.20 Å². The van der Waals surface area contributed by atoms with Crippen LogP contribution in [0.1, 0.15) is 10.4 Å². The maximum atomic E-state index is 11.8. The average molecular weight is 306 g/mol. The molecule has 2 heterocycles. The SMILES string of the molecule is C#CCOC(=O)c1cnn(-c2ccccn2)c1S(N)(=O)=O. The van der Waals surface area contributed by atoms with Crippen LogP contribution in [0.4, 0.5) is 0 Å². The van der Waals surface area contributed by atoms with Gasteiger partial charge in [-0.2, -0.15) is 5.10 Å². The largest absolute Gasteiger partial charge is 0.449 e. The number of rotatable bonds is 4. The van der Waals surface area contributed by atoms with Gasteiger partial charge >= 0.3 is 5.97 Å². The number of primary sulfonamides is 1. The van der Waals surface area contributed by atoms with E-state index in [4.69, 9.17) is 16.3 Å². The van der Waals surface area contributed by atoms with Gasteiger partial charge in [-0.15, -0.1) is 6.42 Å². The summed E-state index contributed by atoms with van der Waals surface area (Å²) >= 11 is 0. The molecule has 0 bridgehead atoms. The van der Waals surface area contributed by atoms with Crippen molar-refractivity contribution in [3.8, 4) is 18.2 Å². The zero-order chi connectivity index (χ0) is 15.5. The Labute approximate surface area is 120 Å². The number of nitrogens with zero attached hydrogens (tertiary/aromatic N) is 3. The van der Waals surface area contributed by atoms with E-state index in [1.54, 1.807) is 12.1 Å². The van der Waals surface area contributed by atoms with Gasteiger partial charge in [-0.3, -0.25) is 0 Å². The van der Waals surface area contributed by atoms with Gasteiger partial charge in [0.25, 0.3) is 10.0 Å². The van der Waals surface area contributed by atoms with E-state index in [0.29, 0.717) is 0 Å². The lowest BCUT2D eigenvalue weighted by Gasteiger charge is -2.06. The van der Waals surface area contributed by atoms with Gasteiger partial charge in [0.2, 0.25) is 0 Å². The Bertz CT molecular complexity index is 806. The molecule has 0 saturated carbocycles. The summed E-state index contributed by atoms with van der Waals surface area (Å²) in [4.78, 5) is 15.8. The lowest BCUT2D eigenvalue weighted by molar-refractivity contribution is 0.0552. The number of sulfonamides is 1. The second-order valence-electron chi connectivity index (χ2n) is 3.79. The topological polar surface area (TPSA) is 117 Å². The van der Waals surface area contributed by atoms with Gasteiger partial charge in [-0.05, 0) is 12.1 Å². The Balaban J connectivity index is 2.58. The Morgan fingerprint density at radius 2 is 2.24 bits per heavy atom. The van der Waals surface area contributed by atoms with Crippen LogP contribution in [0, 0.1) is 12.3 Å². The predicted octanol–water partition coefficient (Wildman–Crippen LogP) is -0.295. The van der Waals surface area contributed by atoms with Crippen LogP contribution in [0.15, 0.2) is 35.6 Å². The molecule has 2 rings (SSSR count). The third kappa shape index (κ3) is 3.07. The molecule has 0 aliphatic carbocycles. The van der Waals surface area contributed by atoms with E-state index in [9.17, 15) is 13.2 Å². The summed E-state index contributed by atoms with van der Waals surface area (Å²) in [6.07, 6.45) is 7.45. The molecule has 2 aromatic rings. The fourth-order valence-electron chi connectivity index (χ4n) is 1.58. The van der Waals surface area contributed by atoms with Gasteiger partial charge in [0.1, 0.15) is 5.56 Å². The van der Waals surface area contributed by atoms with Gasteiger partial charge in [0.05, 0.1) is 6.20 Å². The molecule has 8 nitrogen and oxygen atoms in total. The minimum atomic E-state index is -4.23. The quantitative estimate of drug-likeness (QED) is 0.612. The molecule has 0 radical (unpaired) electrons. The average Bonchev–Trinajstić information content (AvgIpc) is 2.90. The Morgan fingerprint density at radius 3 is 2.81 bits per heavy atom. The molecule has 0 unspecified atom stereocenters. The lowest BCUT2D eigenvalue weighted by Crippen LogP contribution is -2.21. The van der Waals surface area contributed by atoms with Crippen molar-refractivity contribution in [2.24, 2.45) is 5.14 Å². The molecular formula is C12H10N4O4S. The number of nitrogens with two attached hydrogens (primary N) is 1. The third-order valence-corrected chi connectivity index (χ3v) is 3.30. The molecule has 21 heavy (non-hydrogen) atoms. The number of terminal acetylenes is 1. The van der Waals surface area contributed by atoms with E-state index in [0.717, 1.165) is 10.9 Å². The van der Waals surface area contributed by atoms with Crippen molar-refractivity contribution in [2.45, 2.75) is 5.03 Å². The maximum Gasteiger partial charge on any atom is 0.343 e. The van der Waals surface area contributed by atoms with E-state index in [2.05, 4.69) is 16.0 Å². The molecule has 0 spiro atoms. The summed E-state index contributed by atoms with van der Waals surface area (Å²) in [5.74, 6) is 1.36.